The average Bonchev–Trinajstić information content (AvgIpc) is 2.66. The molecule has 0 saturated heterocycles. The molecule has 3 aliphatic carbocycles. The van der Waals surface area contributed by atoms with Crippen LogP contribution in [-0.2, 0) is 9.53 Å². The van der Waals surface area contributed by atoms with Gasteiger partial charge in [0.15, 0.2) is 0 Å². The lowest BCUT2D eigenvalue weighted by Gasteiger charge is -2.54. The average molecular weight is 319 g/mol. The third-order valence-corrected chi connectivity index (χ3v) is 7.66. The maximum atomic E-state index is 12.3. The van der Waals surface area contributed by atoms with Gasteiger partial charge in [0.25, 0.3) is 0 Å². The van der Waals surface area contributed by atoms with Crippen LogP contribution in [0.2, 0.25) is 0 Å². The SMILES string of the molecule is COC(=O)C1CCC[C@@H]2C1CC(C)C1=CC(C)C(C)CCC12C. The molecule has 0 aromatic heterocycles. The second-order valence-electron chi connectivity index (χ2n) is 8.88. The molecule has 0 N–H and O–H groups in total. The number of carbonyl (C=O) groups is 1. The molecule has 7 atom stereocenters. The number of esters is 1. The summed E-state index contributed by atoms with van der Waals surface area (Å²) in [4.78, 5) is 12.3. The van der Waals surface area contributed by atoms with Crippen molar-refractivity contribution in [1.29, 1.82) is 0 Å². The van der Waals surface area contributed by atoms with Crippen LogP contribution < -0.4 is 0 Å². The maximum Gasteiger partial charge on any atom is 0.308 e. The Morgan fingerprint density at radius 3 is 2.65 bits per heavy atom. The van der Waals surface area contributed by atoms with Crippen molar-refractivity contribution in [3.05, 3.63) is 11.6 Å². The fourth-order valence-corrected chi connectivity index (χ4v) is 6.06. The van der Waals surface area contributed by atoms with Gasteiger partial charge in [-0.2, -0.15) is 0 Å². The molecule has 2 fully saturated rings. The van der Waals surface area contributed by atoms with Crippen molar-refractivity contribution in [2.75, 3.05) is 7.11 Å². The van der Waals surface area contributed by atoms with E-state index in [2.05, 4.69) is 33.8 Å². The first-order valence-electron chi connectivity index (χ1n) is 9.68. The summed E-state index contributed by atoms with van der Waals surface area (Å²) >= 11 is 0. The molecule has 0 spiro atoms. The molecule has 3 rings (SSSR count). The molecular formula is C21H34O2. The fraction of sp³-hybridized carbons (Fsp3) is 0.857. The Morgan fingerprint density at radius 2 is 1.96 bits per heavy atom. The molecule has 3 aliphatic rings. The molecule has 0 bridgehead atoms. The van der Waals surface area contributed by atoms with E-state index in [4.69, 9.17) is 4.74 Å². The second kappa shape index (κ2) is 6.26. The molecule has 0 aromatic carbocycles. The van der Waals surface area contributed by atoms with Gasteiger partial charge in [-0.25, -0.2) is 0 Å². The summed E-state index contributed by atoms with van der Waals surface area (Å²) in [6.07, 6.45) is 9.90. The van der Waals surface area contributed by atoms with Crippen molar-refractivity contribution < 1.29 is 9.53 Å². The first kappa shape index (κ1) is 17.0. The van der Waals surface area contributed by atoms with Crippen LogP contribution in [0.1, 0.15) is 66.2 Å². The monoisotopic (exact) mass is 318 g/mol. The summed E-state index contributed by atoms with van der Waals surface area (Å²) in [7, 11) is 1.56. The summed E-state index contributed by atoms with van der Waals surface area (Å²) in [5.41, 5.74) is 2.01. The van der Waals surface area contributed by atoms with E-state index in [1.165, 1.54) is 32.1 Å². The van der Waals surface area contributed by atoms with Gasteiger partial charge >= 0.3 is 5.97 Å². The second-order valence-corrected chi connectivity index (χ2v) is 8.88. The van der Waals surface area contributed by atoms with Gasteiger partial charge in [0, 0.05) is 0 Å². The Balaban J connectivity index is 1.97. The number of hydrogen-bond donors (Lipinski definition) is 0. The summed E-state index contributed by atoms with van der Waals surface area (Å²) in [5, 5.41) is 0. The molecule has 2 nitrogen and oxygen atoms in total. The van der Waals surface area contributed by atoms with Crippen LogP contribution in [0.15, 0.2) is 11.6 Å². The van der Waals surface area contributed by atoms with Crippen LogP contribution in [0.4, 0.5) is 0 Å². The highest BCUT2D eigenvalue weighted by molar-refractivity contribution is 5.73. The van der Waals surface area contributed by atoms with Gasteiger partial charge in [-0.05, 0) is 67.1 Å². The van der Waals surface area contributed by atoms with Crippen LogP contribution in [0, 0.1) is 40.9 Å². The summed E-state index contributed by atoms with van der Waals surface area (Å²) in [5.74, 6) is 3.44. The van der Waals surface area contributed by atoms with Crippen LogP contribution in [0.5, 0.6) is 0 Å². The van der Waals surface area contributed by atoms with Crippen molar-refractivity contribution in [2.24, 2.45) is 40.9 Å². The first-order valence-corrected chi connectivity index (χ1v) is 9.68. The number of carbonyl (C=O) groups excluding carboxylic acids is 1. The fourth-order valence-electron chi connectivity index (χ4n) is 6.06. The molecule has 0 radical (unpaired) electrons. The number of allylic oxidation sites excluding steroid dienone is 2. The highest BCUT2D eigenvalue weighted by Crippen LogP contribution is 2.60. The Bertz CT molecular complexity index is 494. The normalized spacial score (nSPS) is 46.9. The minimum absolute atomic E-state index is 0.0401. The number of hydrogen-bond acceptors (Lipinski definition) is 2. The van der Waals surface area contributed by atoms with E-state index in [0.717, 1.165) is 12.3 Å². The number of fused-ring (bicyclic) bond motifs is 3. The topological polar surface area (TPSA) is 26.3 Å². The van der Waals surface area contributed by atoms with Gasteiger partial charge in [-0.15, -0.1) is 0 Å². The molecular weight excluding hydrogens is 284 g/mol. The van der Waals surface area contributed by atoms with Gasteiger partial charge < -0.3 is 4.74 Å². The zero-order valence-electron chi connectivity index (χ0n) is 15.6. The lowest BCUT2D eigenvalue weighted by molar-refractivity contribution is -0.152. The van der Waals surface area contributed by atoms with Crippen molar-refractivity contribution >= 4 is 5.97 Å². The van der Waals surface area contributed by atoms with E-state index in [1.807, 2.05) is 0 Å². The first-order chi connectivity index (χ1) is 10.9. The predicted octanol–water partition coefficient (Wildman–Crippen LogP) is 5.23. The quantitative estimate of drug-likeness (QED) is 0.489. The lowest BCUT2D eigenvalue weighted by Crippen LogP contribution is -2.48. The Kier molecular flexibility index (Phi) is 4.64. The highest BCUT2D eigenvalue weighted by Gasteiger charge is 2.53. The minimum Gasteiger partial charge on any atom is -0.469 e. The van der Waals surface area contributed by atoms with Crippen molar-refractivity contribution in [2.45, 2.75) is 66.2 Å². The van der Waals surface area contributed by atoms with Crippen LogP contribution >= 0.6 is 0 Å². The standard InChI is InChI=1S/C21H34O2/c1-13-9-10-21(4)18-8-6-7-16(20(22)23-5)17(18)11-15(3)19(21)12-14(13)2/h12-18H,6-11H2,1-5H3/t13?,14?,15?,16?,17?,18-,21?/m1/s1. The minimum atomic E-state index is 0.0401. The van der Waals surface area contributed by atoms with Gasteiger partial charge in [-0.1, -0.05) is 45.8 Å². The smallest absolute Gasteiger partial charge is 0.308 e. The number of ether oxygens (including phenoxy) is 1. The van der Waals surface area contributed by atoms with Gasteiger partial charge in [0.2, 0.25) is 0 Å². The van der Waals surface area contributed by atoms with Gasteiger partial charge in [0.1, 0.15) is 0 Å². The van der Waals surface area contributed by atoms with Crippen molar-refractivity contribution in [3.8, 4) is 0 Å². The van der Waals surface area contributed by atoms with Gasteiger partial charge in [0.05, 0.1) is 13.0 Å². The summed E-state index contributed by atoms with van der Waals surface area (Å²) < 4.78 is 5.15. The molecule has 0 aromatic rings. The van der Waals surface area contributed by atoms with E-state index in [-0.39, 0.29) is 11.9 Å². The van der Waals surface area contributed by atoms with E-state index in [1.54, 1.807) is 12.7 Å². The maximum absolute atomic E-state index is 12.3. The van der Waals surface area contributed by atoms with E-state index >= 15 is 0 Å². The van der Waals surface area contributed by atoms with Crippen molar-refractivity contribution in [1.82, 2.24) is 0 Å². The zero-order chi connectivity index (χ0) is 16.8. The molecule has 6 unspecified atom stereocenters. The molecule has 0 heterocycles. The third kappa shape index (κ3) is 2.76. The van der Waals surface area contributed by atoms with Crippen LogP contribution in [-0.4, -0.2) is 13.1 Å². The predicted molar refractivity (Wildman–Crippen MR) is 93.9 cm³/mol. The zero-order valence-corrected chi connectivity index (χ0v) is 15.6. The third-order valence-electron chi connectivity index (χ3n) is 7.66. The lowest BCUT2D eigenvalue weighted by atomic mass is 9.50. The number of rotatable bonds is 1. The Morgan fingerprint density at radius 1 is 1.22 bits per heavy atom. The van der Waals surface area contributed by atoms with Crippen LogP contribution in [0.25, 0.3) is 0 Å². The van der Waals surface area contributed by atoms with Crippen molar-refractivity contribution in [3.63, 3.8) is 0 Å². The van der Waals surface area contributed by atoms with E-state index in [0.29, 0.717) is 29.1 Å². The summed E-state index contributed by atoms with van der Waals surface area (Å²) in [6, 6.07) is 0. The molecule has 0 amide bonds. The molecule has 2 saturated carbocycles. The largest absolute Gasteiger partial charge is 0.469 e. The van der Waals surface area contributed by atoms with E-state index in [9.17, 15) is 4.79 Å². The molecule has 2 heteroatoms. The molecule has 23 heavy (non-hydrogen) atoms. The Labute approximate surface area is 142 Å². The van der Waals surface area contributed by atoms with E-state index < -0.39 is 0 Å². The van der Waals surface area contributed by atoms with Gasteiger partial charge in [-0.3, -0.25) is 4.79 Å². The highest BCUT2D eigenvalue weighted by atomic mass is 16.5. The number of methoxy groups -OCH3 is 1. The Hall–Kier alpha value is -0.790. The molecule has 130 valence electrons. The molecule has 0 aliphatic heterocycles. The summed E-state index contributed by atoms with van der Waals surface area (Å²) in [6.45, 7) is 9.70. The van der Waals surface area contributed by atoms with Crippen LogP contribution in [0.3, 0.4) is 0 Å².